The number of fused-ring (bicyclic) bond motifs is 1. The summed E-state index contributed by atoms with van der Waals surface area (Å²) in [7, 11) is 0. The van der Waals surface area contributed by atoms with Crippen LogP contribution in [0.4, 0.5) is 14.7 Å². The zero-order chi connectivity index (χ0) is 23.9. The van der Waals surface area contributed by atoms with Gasteiger partial charge in [-0.25, -0.2) is 19.3 Å². The third-order valence-electron chi connectivity index (χ3n) is 4.79. The number of ether oxygens (including phenoxy) is 1. The lowest BCUT2D eigenvalue weighted by Crippen LogP contribution is -2.18. The van der Waals surface area contributed by atoms with Crippen molar-refractivity contribution in [1.29, 1.82) is 0 Å². The van der Waals surface area contributed by atoms with Crippen molar-refractivity contribution >= 4 is 27.4 Å². The van der Waals surface area contributed by atoms with Gasteiger partial charge in [-0.1, -0.05) is 18.2 Å². The van der Waals surface area contributed by atoms with E-state index in [4.69, 9.17) is 16.2 Å². The Hall–Kier alpha value is -3.83. The topological polar surface area (TPSA) is 124 Å². The second-order valence-electron chi connectivity index (χ2n) is 7.11. The minimum Gasteiger partial charge on any atom is -0.490 e. The molecule has 1 aromatic carbocycles. The van der Waals surface area contributed by atoms with Gasteiger partial charge in [-0.2, -0.15) is 4.39 Å². The Kier molecular flexibility index (Phi) is 7.45. The van der Waals surface area contributed by atoms with Gasteiger partial charge in [0.15, 0.2) is 5.82 Å². The predicted octanol–water partition coefficient (Wildman–Crippen LogP) is 3.47. The van der Waals surface area contributed by atoms with Crippen LogP contribution in [0.5, 0.6) is 5.75 Å². The maximum absolute atomic E-state index is 14.7. The van der Waals surface area contributed by atoms with Gasteiger partial charge in [0.25, 0.3) is 0 Å². The third-order valence-corrected chi connectivity index (χ3v) is 5.98. The Morgan fingerprint density at radius 1 is 1.09 bits per heavy atom. The van der Waals surface area contributed by atoms with Crippen molar-refractivity contribution in [3.63, 3.8) is 0 Å². The van der Waals surface area contributed by atoms with Gasteiger partial charge in [0, 0.05) is 53.9 Å². The van der Waals surface area contributed by atoms with Crippen LogP contribution < -0.4 is 26.8 Å². The summed E-state index contributed by atoms with van der Waals surface area (Å²) >= 11 is 1.35. The molecule has 11 heteroatoms. The van der Waals surface area contributed by atoms with Gasteiger partial charge < -0.3 is 26.8 Å². The molecule has 0 aliphatic rings. The molecule has 6 N–H and O–H groups in total. The molecule has 3 aromatic heterocycles. The molecular formula is C23H23F2N7OS. The summed E-state index contributed by atoms with van der Waals surface area (Å²) in [5.41, 5.74) is 12.3. The highest BCUT2D eigenvalue weighted by Gasteiger charge is 2.17. The van der Waals surface area contributed by atoms with Crippen LogP contribution in [0.1, 0.15) is 0 Å². The Bertz CT molecular complexity index is 1310. The molecule has 0 saturated carbocycles. The number of benzene rings is 1. The highest BCUT2D eigenvalue weighted by Crippen LogP contribution is 2.42. The first-order valence-corrected chi connectivity index (χ1v) is 11.3. The Balaban J connectivity index is 1.70. The molecule has 0 saturated heterocycles. The molecule has 0 atom stereocenters. The lowest BCUT2D eigenvalue weighted by Gasteiger charge is -2.11. The number of thiophene rings is 1. The summed E-state index contributed by atoms with van der Waals surface area (Å²) in [5.74, 6) is -0.434. The van der Waals surface area contributed by atoms with E-state index in [0.717, 1.165) is 21.8 Å². The first kappa shape index (κ1) is 23.3. The summed E-state index contributed by atoms with van der Waals surface area (Å²) in [6.07, 6.45) is 5.50. The Morgan fingerprint density at radius 2 is 1.97 bits per heavy atom. The zero-order valence-corrected chi connectivity index (χ0v) is 18.9. The number of nitrogens with zero attached hydrogens (tertiary/aromatic N) is 3. The first-order valence-electron chi connectivity index (χ1n) is 10.5. The van der Waals surface area contributed by atoms with Crippen LogP contribution in [0.3, 0.4) is 0 Å². The Morgan fingerprint density at radius 3 is 2.79 bits per heavy atom. The van der Waals surface area contributed by atoms with E-state index in [0.29, 0.717) is 41.8 Å². The molecule has 0 aliphatic heterocycles. The van der Waals surface area contributed by atoms with E-state index in [1.165, 1.54) is 29.8 Å². The van der Waals surface area contributed by atoms with E-state index in [-0.39, 0.29) is 12.3 Å². The average molecular weight is 484 g/mol. The molecule has 34 heavy (non-hydrogen) atoms. The van der Waals surface area contributed by atoms with Crippen LogP contribution in [0.15, 0.2) is 55.1 Å². The highest BCUT2D eigenvalue weighted by molar-refractivity contribution is 7.22. The minimum absolute atomic E-state index is 0.181. The van der Waals surface area contributed by atoms with Crippen molar-refractivity contribution in [2.45, 2.75) is 0 Å². The molecule has 176 valence electrons. The predicted molar refractivity (Wildman–Crippen MR) is 130 cm³/mol. The van der Waals surface area contributed by atoms with Crippen molar-refractivity contribution < 1.29 is 13.5 Å². The van der Waals surface area contributed by atoms with Gasteiger partial charge in [0.05, 0.1) is 17.3 Å². The van der Waals surface area contributed by atoms with Crippen LogP contribution in [0.25, 0.3) is 31.8 Å². The van der Waals surface area contributed by atoms with Crippen LogP contribution in [-0.2, 0) is 0 Å². The van der Waals surface area contributed by atoms with E-state index in [1.807, 2.05) is 24.3 Å². The van der Waals surface area contributed by atoms with Crippen molar-refractivity contribution in [3.05, 3.63) is 66.9 Å². The van der Waals surface area contributed by atoms with Crippen LogP contribution in [0.2, 0.25) is 0 Å². The summed E-state index contributed by atoms with van der Waals surface area (Å²) in [6, 6.07) is 8.79. The standard InChI is InChI=1S/C23H23F2N7OS/c24-17-12-31-23(29-8-7-28-6-4-26)32-21(17)19-10-14-2-1-3-15(22(14)34-19)16-11-20(25)30-13-18(16)33-9-5-27/h1-4,6,10-13,28H,5,7-9,26-27H2,(H,29,31,32)/b6-4-. The molecule has 0 fully saturated rings. The number of rotatable bonds is 10. The molecule has 0 spiro atoms. The number of pyridine rings is 1. The lowest BCUT2D eigenvalue weighted by molar-refractivity contribution is 0.327. The quantitative estimate of drug-likeness (QED) is 0.200. The molecule has 4 aromatic rings. The van der Waals surface area contributed by atoms with Gasteiger partial charge in [0.2, 0.25) is 11.9 Å². The molecule has 8 nitrogen and oxygen atoms in total. The summed E-state index contributed by atoms with van der Waals surface area (Å²) in [6.45, 7) is 1.69. The smallest absolute Gasteiger partial charge is 0.223 e. The lowest BCUT2D eigenvalue weighted by atomic mass is 10.0. The first-order chi connectivity index (χ1) is 16.6. The molecule has 3 heterocycles. The van der Waals surface area contributed by atoms with Crippen molar-refractivity contribution in [2.24, 2.45) is 11.5 Å². The number of halogens is 2. The van der Waals surface area contributed by atoms with Gasteiger partial charge in [-0.05, 0) is 11.5 Å². The Labute approximate surface area is 198 Å². The molecular weight excluding hydrogens is 460 g/mol. The second-order valence-corrected chi connectivity index (χ2v) is 8.16. The van der Waals surface area contributed by atoms with Gasteiger partial charge in [-0.3, -0.25) is 0 Å². The van der Waals surface area contributed by atoms with Crippen LogP contribution in [0, 0.1) is 11.8 Å². The van der Waals surface area contributed by atoms with Crippen molar-refractivity contribution in [3.8, 4) is 27.4 Å². The van der Waals surface area contributed by atoms with E-state index in [2.05, 4.69) is 25.6 Å². The maximum atomic E-state index is 14.7. The largest absolute Gasteiger partial charge is 0.490 e. The van der Waals surface area contributed by atoms with Crippen molar-refractivity contribution in [2.75, 3.05) is 31.6 Å². The second kappa shape index (κ2) is 10.9. The summed E-state index contributed by atoms with van der Waals surface area (Å²) in [4.78, 5) is 12.7. The highest BCUT2D eigenvalue weighted by atomic mass is 32.1. The molecule has 0 bridgehead atoms. The van der Waals surface area contributed by atoms with Gasteiger partial charge >= 0.3 is 0 Å². The monoisotopic (exact) mass is 483 g/mol. The number of aromatic nitrogens is 3. The zero-order valence-electron chi connectivity index (χ0n) is 18.1. The third kappa shape index (κ3) is 5.21. The fourth-order valence-electron chi connectivity index (χ4n) is 3.33. The van der Waals surface area contributed by atoms with Crippen LogP contribution >= 0.6 is 11.3 Å². The molecule has 0 radical (unpaired) electrons. The summed E-state index contributed by atoms with van der Waals surface area (Å²) in [5, 5.41) is 6.89. The van der Waals surface area contributed by atoms with E-state index < -0.39 is 11.8 Å². The molecule has 4 rings (SSSR count). The normalized spacial score (nSPS) is 11.3. The molecule has 0 unspecified atom stereocenters. The van der Waals surface area contributed by atoms with Gasteiger partial charge in [-0.15, -0.1) is 11.3 Å². The number of anilines is 1. The average Bonchev–Trinajstić information content (AvgIpc) is 3.28. The maximum Gasteiger partial charge on any atom is 0.223 e. The number of hydrogen-bond donors (Lipinski definition) is 4. The molecule has 0 amide bonds. The van der Waals surface area contributed by atoms with Crippen molar-refractivity contribution in [1.82, 2.24) is 20.3 Å². The van der Waals surface area contributed by atoms with Gasteiger partial charge in [0.1, 0.15) is 18.1 Å². The van der Waals surface area contributed by atoms with E-state index in [9.17, 15) is 8.78 Å². The fraction of sp³-hybridized carbons (Fsp3) is 0.174. The molecule has 0 aliphatic carbocycles. The van der Waals surface area contributed by atoms with E-state index >= 15 is 0 Å². The number of nitrogens with two attached hydrogens (primary N) is 2. The van der Waals surface area contributed by atoms with Crippen LogP contribution in [-0.4, -0.2) is 41.2 Å². The SMILES string of the molecule is N/C=C\NCCNc1ncc(F)c(-c2cc3cccc(-c4cc(F)ncc4OCCN)c3s2)n1. The minimum atomic E-state index is -0.627. The fourth-order valence-corrected chi connectivity index (χ4v) is 4.50. The van der Waals surface area contributed by atoms with E-state index in [1.54, 1.807) is 6.20 Å². The summed E-state index contributed by atoms with van der Waals surface area (Å²) < 4.78 is 35.2. The number of hydrogen-bond acceptors (Lipinski definition) is 9. The number of nitrogens with one attached hydrogen (secondary N) is 2.